The lowest BCUT2D eigenvalue weighted by Gasteiger charge is -2.08. The Balaban J connectivity index is 2.26. The molecule has 0 N–H and O–H groups in total. The summed E-state index contributed by atoms with van der Waals surface area (Å²) in [4.78, 5) is 11.1. The minimum atomic E-state index is -0.389. The van der Waals surface area contributed by atoms with E-state index >= 15 is 0 Å². The van der Waals surface area contributed by atoms with Crippen LogP contribution >= 0.6 is 23.2 Å². The van der Waals surface area contributed by atoms with Crippen LogP contribution in [0.3, 0.4) is 0 Å². The summed E-state index contributed by atoms with van der Waals surface area (Å²) in [7, 11) is 0. The summed E-state index contributed by atoms with van der Waals surface area (Å²) in [6.45, 7) is 5.79. The Kier molecular flexibility index (Phi) is 6.02. The van der Waals surface area contributed by atoms with Gasteiger partial charge in [0.2, 0.25) is 0 Å². The van der Waals surface area contributed by atoms with Crippen LogP contribution in [0.15, 0.2) is 30.4 Å². The maximum Gasteiger partial charge on any atom is 0.333 e. The van der Waals surface area contributed by atoms with Gasteiger partial charge in [-0.25, -0.2) is 4.79 Å². The largest absolute Gasteiger partial charge is 0.492 e. The highest BCUT2D eigenvalue weighted by Crippen LogP contribution is 2.27. The first-order valence-electron chi connectivity index (χ1n) is 5.41. The molecule has 0 atom stereocenters. The van der Waals surface area contributed by atoms with Crippen LogP contribution in [0, 0.1) is 0 Å². The lowest BCUT2D eigenvalue weighted by atomic mass is 10.3. The molecular weight excluding hydrogens is 275 g/mol. The number of carbonyl (C=O) groups is 1. The predicted molar refractivity (Wildman–Crippen MR) is 72.3 cm³/mol. The summed E-state index contributed by atoms with van der Waals surface area (Å²) >= 11 is 11.7. The van der Waals surface area contributed by atoms with E-state index in [2.05, 4.69) is 6.58 Å². The maximum absolute atomic E-state index is 11.1. The van der Waals surface area contributed by atoms with Gasteiger partial charge in [-0.15, -0.1) is 0 Å². The van der Waals surface area contributed by atoms with Crippen molar-refractivity contribution in [3.05, 3.63) is 40.4 Å². The standard InChI is InChI=1S/C13H14Cl2O3/c1-9(2)13(16)18-7-3-6-17-12-5-4-10(14)8-11(12)15/h4-5,8H,1,3,6-7H2,2H3. The zero-order valence-electron chi connectivity index (χ0n) is 10.0. The van der Waals surface area contributed by atoms with Crippen molar-refractivity contribution in [1.82, 2.24) is 0 Å². The van der Waals surface area contributed by atoms with E-state index in [9.17, 15) is 4.79 Å². The van der Waals surface area contributed by atoms with Crippen LogP contribution in [0.25, 0.3) is 0 Å². The monoisotopic (exact) mass is 288 g/mol. The molecule has 5 heteroatoms. The fourth-order valence-corrected chi connectivity index (χ4v) is 1.58. The number of carbonyl (C=O) groups excluding carboxylic acids is 1. The molecule has 0 heterocycles. The van der Waals surface area contributed by atoms with Gasteiger partial charge in [0.15, 0.2) is 0 Å². The molecular formula is C13H14Cl2O3. The average molecular weight is 289 g/mol. The second kappa shape index (κ2) is 7.29. The van der Waals surface area contributed by atoms with Crippen molar-refractivity contribution >= 4 is 29.2 Å². The Morgan fingerprint density at radius 3 is 2.67 bits per heavy atom. The minimum Gasteiger partial charge on any atom is -0.492 e. The van der Waals surface area contributed by atoms with E-state index in [-0.39, 0.29) is 12.6 Å². The normalized spacial score (nSPS) is 9.94. The van der Waals surface area contributed by atoms with Gasteiger partial charge in [0.25, 0.3) is 0 Å². The van der Waals surface area contributed by atoms with Crippen LogP contribution in [0.1, 0.15) is 13.3 Å². The molecule has 0 aliphatic heterocycles. The summed E-state index contributed by atoms with van der Waals surface area (Å²) in [6.07, 6.45) is 0.581. The van der Waals surface area contributed by atoms with Crippen LogP contribution in [-0.4, -0.2) is 19.2 Å². The molecule has 0 saturated carbocycles. The van der Waals surface area contributed by atoms with E-state index in [4.69, 9.17) is 32.7 Å². The zero-order chi connectivity index (χ0) is 13.5. The molecule has 0 aromatic heterocycles. The lowest BCUT2D eigenvalue weighted by Crippen LogP contribution is -2.09. The topological polar surface area (TPSA) is 35.5 Å². The molecule has 0 spiro atoms. The molecule has 0 bridgehead atoms. The molecule has 0 unspecified atom stereocenters. The van der Waals surface area contributed by atoms with Crippen molar-refractivity contribution in [2.45, 2.75) is 13.3 Å². The number of halogens is 2. The van der Waals surface area contributed by atoms with E-state index in [0.29, 0.717) is 34.4 Å². The number of hydrogen-bond donors (Lipinski definition) is 0. The molecule has 3 nitrogen and oxygen atoms in total. The van der Waals surface area contributed by atoms with E-state index in [1.165, 1.54) is 0 Å². The van der Waals surface area contributed by atoms with Gasteiger partial charge in [0.05, 0.1) is 18.2 Å². The van der Waals surface area contributed by atoms with Gasteiger partial charge in [0.1, 0.15) is 5.75 Å². The highest BCUT2D eigenvalue weighted by atomic mass is 35.5. The highest BCUT2D eigenvalue weighted by molar-refractivity contribution is 6.35. The Morgan fingerprint density at radius 1 is 1.33 bits per heavy atom. The first kappa shape index (κ1) is 14.9. The third-order valence-corrected chi connectivity index (χ3v) is 2.55. The van der Waals surface area contributed by atoms with Crippen molar-refractivity contribution in [3.8, 4) is 5.75 Å². The average Bonchev–Trinajstić information content (AvgIpc) is 2.30. The maximum atomic E-state index is 11.1. The lowest BCUT2D eigenvalue weighted by molar-refractivity contribution is -0.139. The highest BCUT2D eigenvalue weighted by Gasteiger charge is 2.04. The van der Waals surface area contributed by atoms with Crippen LogP contribution in [0.4, 0.5) is 0 Å². The first-order chi connectivity index (χ1) is 8.50. The van der Waals surface area contributed by atoms with Gasteiger partial charge in [-0.3, -0.25) is 0 Å². The van der Waals surface area contributed by atoms with Crippen molar-refractivity contribution in [3.63, 3.8) is 0 Å². The van der Waals surface area contributed by atoms with Crippen LogP contribution < -0.4 is 4.74 Å². The van der Waals surface area contributed by atoms with Gasteiger partial charge in [-0.1, -0.05) is 29.8 Å². The van der Waals surface area contributed by atoms with Crippen molar-refractivity contribution in [2.75, 3.05) is 13.2 Å². The van der Waals surface area contributed by atoms with Gasteiger partial charge in [-0.05, 0) is 25.1 Å². The molecule has 0 saturated heterocycles. The number of ether oxygens (including phenoxy) is 2. The third-order valence-electron chi connectivity index (χ3n) is 2.02. The summed E-state index contributed by atoms with van der Waals surface area (Å²) in [5.74, 6) is 0.173. The molecule has 0 aliphatic rings. The Hall–Kier alpha value is -1.19. The van der Waals surface area contributed by atoms with E-state index in [1.54, 1.807) is 25.1 Å². The fourth-order valence-electron chi connectivity index (χ4n) is 1.12. The quantitative estimate of drug-likeness (QED) is 0.453. The van der Waals surface area contributed by atoms with Crippen LogP contribution in [0.2, 0.25) is 10.0 Å². The summed E-state index contributed by atoms with van der Waals surface area (Å²) < 4.78 is 10.3. The first-order valence-corrected chi connectivity index (χ1v) is 6.17. The van der Waals surface area contributed by atoms with Crippen molar-refractivity contribution in [1.29, 1.82) is 0 Å². The Morgan fingerprint density at radius 2 is 2.06 bits per heavy atom. The molecule has 0 aliphatic carbocycles. The number of rotatable bonds is 6. The second-order valence-corrected chi connectivity index (χ2v) is 4.54. The minimum absolute atomic E-state index is 0.289. The Labute approximate surface area is 116 Å². The summed E-state index contributed by atoms with van der Waals surface area (Å²) in [6, 6.07) is 5.01. The summed E-state index contributed by atoms with van der Waals surface area (Å²) in [5, 5.41) is 1.02. The van der Waals surface area contributed by atoms with E-state index in [0.717, 1.165) is 0 Å². The molecule has 18 heavy (non-hydrogen) atoms. The summed E-state index contributed by atoms with van der Waals surface area (Å²) in [5.41, 5.74) is 0.386. The molecule has 1 aromatic carbocycles. The molecule has 0 radical (unpaired) electrons. The Bertz CT molecular complexity index is 444. The van der Waals surface area contributed by atoms with Gasteiger partial charge < -0.3 is 9.47 Å². The smallest absolute Gasteiger partial charge is 0.333 e. The van der Waals surface area contributed by atoms with Crippen molar-refractivity contribution in [2.24, 2.45) is 0 Å². The predicted octanol–water partition coefficient (Wildman–Crippen LogP) is 3.88. The van der Waals surface area contributed by atoms with Crippen LogP contribution in [0.5, 0.6) is 5.75 Å². The molecule has 1 aromatic rings. The number of benzene rings is 1. The van der Waals surface area contributed by atoms with Gasteiger partial charge in [0, 0.05) is 17.0 Å². The fraction of sp³-hybridized carbons (Fsp3) is 0.308. The SMILES string of the molecule is C=C(C)C(=O)OCCCOc1ccc(Cl)cc1Cl. The zero-order valence-corrected chi connectivity index (χ0v) is 11.6. The molecule has 0 fully saturated rings. The number of esters is 1. The number of hydrogen-bond acceptors (Lipinski definition) is 3. The van der Waals surface area contributed by atoms with E-state index in [1.807, 2.05) is 0 Å². The molecule has 0 amide bonds. The van der Waals surface area contributed by atoms with E-state index < -0.39 is 0 Å². The van der Waals surface area contributed by atoms with Gasteiger partial charge >= 0.3 is 5.97 Å². The third kappa shape index (κ3) is 4.98. The van der Waals surface area contributed by atoms with Gasteiger partial charge in [-0.2, -0.15) is 0 Å². The van der Waals surface area contributed by atoms with Crippen molar-refractivity contribution < 1.29 is 14.3 Å². The molecule has 98 valence electrons. The molecule has 1 rings (SSSR count). The van der Waals surface area contributed by atoms with Crippen LogP contribution in [-0.2, 0) is 9.53 Å². The second-order valence-electron chi connectivity index (χ2n) is 3.69.